The molecule has 1 unspecified atom stereocenters. The van der Waals surface area contributed by atoms with Crippen LogP contribution in [-0.4, -0.2) is 37.8 Å². The van der Waals surface area contributed by atoms with Crippen molar-refractivity contribution in [1.82, 2.24) is 19.9 Å². The van der Waals surface area contributed by atoms with Crippen LogP contribution in [-0.2, 0) is 13.6 Å². The third-order valence-corrected chi connectivity index (χ3v) is 4.07. The molecule has 5 heteroatoms. The highest BCUT2D eigenvalue weighted by Crippen LogP contribution is 2.25. The molecule has 0 aromatic carbocycles. The Morgan fingerprint density at radius 2 is 2.19 bits per heavy atom. The maximum absolute atomic E-state index is 4.13. The standard InChI is InChI=1S/C11H19BrN4/c1-9(12)10-3-5-16(6-4-10)8-11-7-15(2)14-13-11/h7,9-10H,3-6,8H2,1-2H3. The molecule has 90 valence electrons. The van der Waals surface area contributed by atoms with Crippen molar-refractivity contribution in [2.24, 2.45) is 13.0 Å². The Hall–Kier alpha value is -0.420. The number of piperidine rings is 1. The van der Waals surface area contributed by atoms with Crippen molar-refractivity contribution in [3.05, 3.63) is 11.9 Å². The molecule has 0 bridgehead atoms. The highest BCUT2D eigenvalue weighted by Gasteiger charge is 2.22. The molecule has 0 amide bonds. The molecule has 1 atom stereocenters. The minimum absolute atomic E-state index is 0.645. The van der Waals surface area contributed by atoms with E-state index < -0.39 is 0 Å². The Morgan fingerprint density at radius 1 is 1.50 bits per heavy atom. The van der Waals surface area contributed by atoms with Crippen molar-refractivity contribution in [2.45, 2.75) is 31.1 Å². The number of hydrogen-bond acceptors (Lipinski definition) is 3. The number of rotatable bonds is 3. The first-order valence-electron chi connectivity index (χ1n) is 5.87. The van der Waals surface area contributed by atoms with Crippen LogP contribution in [0.3, 0.4) is 0 Å². The molecule has 1 saturated heterocycles. The molecule has 1 aliphatic rings. The highest BCUT2D eigenvalue weighted by molar-refractivity contribution is 9.09. The van der Waals surface area contributed by atoms with Gasteiger partial charge in [-0.15, -0.1) is 5.10 Å². The SMILES string of the molecule is CC(Br)C1CCN(Cc2cn(C)nn2)CC1. The topological polar surface area (TPSA) is 34.0 Å². The van der Waals surface area contributed by atoms with Crippen LogP contribution in [0.15, 0.2) is 6.20 Å². The summed E-state index contributed by atoms with van der Waals surface area (Å²) in [5, 5.41) is 8.08. The summed E-state index contributed by atoms with van der Waals surface area (Å²) in [7, 11) is 1.91. The third kappa shape index (κ3) is 3.04. The van der Waals surface area contributed by atoms with Gasteiger partial charge in [0.2, 0.25) is 0 Å². The van der Waals surface area contributed by atoms with Gasteiger partial charge in [0.15, 0.2) is 0 Å². The zero-order chi connectivity index (χ0) is 11.5. The summed E-state index contributed by atoms with van der Waals surface area (Å²) in [6, 6.07) is 0. The number of aryl methyl sites for hydroxylation is 1. The van der Waals surface area contributed by atoms with Crippen molar-refractivity contribution in [1.29, 1.82) is 0 Å². The Kier molecular flexibility index (Phi) is 3.97. The summed E-state index contributed by atoms with van der Waals surface area (Å²) in [5.74, 6) is 0.832. The maximum Gasteiger partial charge on any atom is 0.0966 e. The van der Waals surface area contributed by atoms with E-state index in [2.05, 4.69) is 38.1 Å². The predicted octanol–water partition coefficient (Wildman–Crippen LogP) is 1.81. The number of likely N-dealkylation sites (tertiary alicyclic amines) is 1. The van der Waals surface area contributed by atoms with Crippen molar-refractivity contribution in [3.8, 4) is 0 Å². The van der Waals surface area contributed by atoms with Gasteiger partial charge in [-0.05, 0) is 31.8 Å². The molecule has 0 N–H and O–H groups in total. The lowest BCUT2D eigenvalue weighted by Gasteiger charge is -2.32. The van der Waals surface area contributed by atoms with Crippen LogP contribution in [0.4, 0.5) is 0 Å². The average Bonchev–Trinajstić information content (AvgIpc) is 2.65. The minimum atomic E-state index is 0.645. The molecular weight excluding hydrogens is 268 g/mol. The van der Waals surface area contributed by atoms with Crippen LogP contribution in [0, 0.1) is 5.92 Å². The number of alkyl halides is 1. The smallest absolute Gasteiger partial charge is 0.0966 e. The van der Waals surface area contributed by atoms with Crippen molar-refractivity contribution in [3.63, 3.8) is 0 Å². The fourth-order valence-electron chi connectivity index (χ4n) is 2.27. The lowest BCUT2D eigenvalue weighted by atomic mass is 9.94. The lowest BCUT2D eigenvalue weighted by molar-refractivity contribution is 0.176. The Bertz CT molecular complexity index is 328. The summed E-state index contributed by atoms with van der Waals surface area (Å²) < 4.78 is 1.77. The Labute approximate surface area is 105 Å². The molecule has 16 heavy (non-hydrogen) atoms. The van der Waals surface area contributed by atoms with E-state index in [9.17, 15) is 0 Å². The van der Waals surface area contributed by atoms with Crippen LogP contribution >= 0.6 is 15.9 Å². The molecule has 2 rings (SSSR count). The number of halogens is 1. The largest absolute Gasteiger partial charge is 0.297 e. The van der Waals surface area contributed by atoms with Crippen LogP contribution in [0.1, 0.15) is 25.5 Å². The third-order valence-electron chi connectivity index (χ3n) is 3.32. The van der Waals surface area contributed by atoms with Crippen LogP contribution < -0.4 is 0 Å². The molecular formula is C11H19BrN4. The Balaban J connectivity index is 1.81. The second kappa shape index (κ2) is 5.27. The van der Waals surface area contributed by atoms with E-state index in [4.69, 9.17) is 0 Å². The summed E-state index contributed by atoms with van der Waals surface area (Å²) in [5.41, 5.74) is 1.08. The number of nitrogens with zero attached hydrogens (tertiary/aromatic N) is 4. The molecule has 2 heterocycles. The van der Waals surface area contributed by atoms with E-state index in [1.165, 1.54) is 25.9 Å². The molecule has 1 aromatic heterocycles. The number of hydrogen-bond donors (Lipinski definition) is 0. The summed E-state index contributed by atoms with van der Waals surface area (Å²) in [4.78, 5) is 3.11. The van der Waals surface area contributed by atoms with Gasteiger partial charge in [-0.3, -0.25) is 9.58 Å². The fourth-order valence-corrected chi connectivity index (χ4v) is 2.80. The van der Waals surface area contributed by atoms with Gasteiger partial charge < -0.3 is 0 Å². The molecule has 0 aliphatic carbocycles. The normalized spacial score (nSPS) is 21.2. The predicted molar refractivity (Wildman–Crippen MR) is 67.4 cm³/mol. The monoisotopic (exact) mass is 286 g/mol. The van der Waals surface area contributed by atoms with Gasteiger partial charge in [0.25, 0.3) is 0 Å². The zero-order valence-corrected chi connectivity index (χ0v) is 11.5. The van der Waals surface area contributed by atoms with Gasteiger partial charge in [-0.25, -0.2) is 0 Å². The van der Waals surface area contributed by atoms with E-state index in [0.29, 0.717) is 4.83 Å². The van der Waals surface area contributed by atoms with Gasteiger partial charge in [0.1, 0.15) is 0 Å². The quantitative estimate of drug-likeness (QED) is 0.795. The van der Waals surface area contributed by atoms with E-state index in [0.717, 1.165) is 18.2 Å². The summed E-state index contributed by atoms with van der Waals surface area (Å²) in [6.07, 6.45) is 4.57. The molecule has 0 spiro atoms. The van der Waals surface area contributed by atoms with Crippen LogP contribution in [0.5, 0.6) is 0 Å². The minimum Gasteiger partial charge on any atom is -0.297 e. The fraction of sp³-hybridized carbons (Fsp3) is 0.818. The molecule has 1 aliphatic heterocycles. The highest BCUT2D eigenvalue weighted by atomic mass is 79.9. The lowest BCUT2D eigenvalue weighted by Crippen LogP contribution is -2.35. The second-order valence-corrected chi connectivity index (χ2v) is 6.12. The summed E-state index contributed by atoms with van der Waals surface area (Å²) >= 11 is 3.68. The van der Waals surface area contributed by atoms with Crippen LogP contribution in [0.25, 0.3) is 0 Å². The van der Waals surface area contributed by atoms with Gasteiger partial charge in [-0.1, -0.05) is 28.1 Å². The van der Waals surface area contributed by atoms with Crippen molar-refractivity contribution < 1.29 is 0 Å². The van der Waals surface area contributed by atoms with Crippen molar-refractivity contribution in [2.75, 3.05) is 13.1 Å². The van der Waals surface area contributed by atoms with E-state index >= 15 is 0 Å². The van der Waals surface area contributed by atoms with Crippen molar-refractivity contribution >= 4 is 15.9 Å². The van der Waals surface area contributed by atoms with Crippen LogP contribution in [0.2, 0.25) is 0 Å². The number of aromatic nitrogens is 3. The molecule has 0 radical (unpaired) electrons. The second-order valence-electron chi connectivity index (χ2n) is 4.67. The molecule has 1 aromatic rings. The first-order chi connectivity index (χ1) is 7.65. The Morgan fingerprint density at radius 3 is 2.69 bits per heavy atom. The van der Waals surface area contributed by atoms with E-state index in [-0.39, 0.29) is 0 Å². The first kappa shape index (κ1) is 12.0. The van der Waals surface area contributed by atoms with E-state index in [1.807, 2.05) is 13.2 Å². The first-order valence-corrected chi connectivity index (χ1v) is 6.78. The summed E-state index contributed by atoms with van der Waals surface area (Å²) in [6.45, 7) is 5.55. The van der Waals surface area contributed by atoms with Gasteiger partial charge in [0, 0.05) is 24.6 Å². The van der Waals surface area contributed by atoms with E-state index in [1.54, 1.807) is 4.68 Å². The maximum atomic E-state index is 4.13. The van der Waals surface area contributed by atoms with Gasteiger partial charge in [-0.2, -0.15) is 0 Å². The molecule has 0 saturated carbocycles. The molecule has 4 nitrogen and oxygen atoms in total. The molecule has 1 fully saturated rings. The average molecular weight is 287 g/mol. The zero-order valence-electron chi connectivity index (χ0n) is 9.93. The van der Waals surface area contributed by atoms with Gasteiger partial charge >= 0.3 is 0 Å². The van der Waals surface area contributed by atoms with Gasteiger partial charge in [0.05, 0.1) is 5.69 Å².